The molecule has 1 aromatic rings. The fourth-order valence-electron chi connectivity index (χ4n) is 5.11. The van der Waals surface area contributed by atoms with Gasteiger partial charge >= 0.3 is 0 Å². The molecule has 0 spiro atoms. The van der Waals surface area contributed by atoms with E-state index in [9.17, 15) is 14.0 Å². The summed E-state index contributed by atoms with van der Waals surface area (Å²) in [5, 5.41) is 3.44. The van der Waals surface area contributed by atoms with Crippen LogP contribution in [0, 0.1) is 17.2 Å². The molecule has 4 rings (SSSR count). The van der Waals surface area contributed by atoms with E-state index >= 15 is 0 Å². The molecule has 1 aromatic carbocycles. The number of fused-ring (bicyclic) bond motifs is 1. The molecule has 27 heavy (non-hydrogen) atoms. The Morgan fingerprint density at radius 3 is 2.67 bits per heavy atom. The van der Waals surface area contributed by atoms with Gasteiger partial charge in [0.15, 0.2) is 0 Å². The zero-order valence-electron chi connectivity index (χ0n) is 15.8. The normalized spacial score (nSPS) is 28.6. The lowest BCUT2D eigenvalue weighted by atomic mass is 9.67. The first-order valence-electron chi connectivity index (χ1n) is 10.2. The predicted octanol–water partition coefficient (Wildman–Crippen LogP) is 2.28. The topological polar surface area (TPSA) is 52.7 Å². The van der Waals surface area contributed by atoms with Gasteiger partial charge < -0.3 is 15.1 Å². The molecule has 3 fully saturated rings. The Hall–Kier alpha value is -1.95. The number of nitrogens with zero attached hydrogens (tertiary/aromatic N) is 2. The van der Waals surface area contributed by atoms with Crippen LogP contribution >= 0.6 is 0 Å². The van der Waals surface area contributed by atoms with E-state index in [-0.39, 0.29) is 22.8 Å². The summed E-state index contributed by atoms with van der Waals surface area (Å²) >= 11 is 0. The third kappa shape index (κ3) is 3.35. The molecular weight excluding hydrogens is 345 g/mol. The fourth-order valence-corrected chi connectivity index (χ4v) is 5.11. The standard InChI is InChI=1S/C21H28FN3O2/c22-18-8-2-1-7-17(18)19(26)24-10-5-11-25(13-12-24)20(27)21-9-4-3-6-16(21)14-23-15-21/h1-2,7-8,16,23H,3-6,9-15H2/t16-,21+/m0/s1. The Bertz CT molecular complexity index is 725. The molecule has 1 aliphatic carbocycles. The van der Waals surface area contributed by atoms with Gasteiger partial charge in [0.25, 0.3) is 5.91 Å². The smallest absolute Gasteiger partial charge is 0.256 e. The number of hydrogen-bond donors (Lipinski definition) is 1. The van der Waals surface area contributed by atoms with Crippen LogP contribution in [0.25, 0.3) is 0 Å². The lowest BCUT2D eigenvalue weighted by Gasteiger charge is -2.40. The van der Waals surface area contributed by atoms with Gasteiger partial charge in [-0.1, -0.05) is 25.0 Å². The van der Waals surface area contributed by atoms with Crippen LogP contribution in [0.5, 0.6) is 0 Å². The third-order valence-electron chi connectivity index (χ3n) is 6.64. The van der Waals surface area contributed by atoms with Gasteiger partial charge in [-0.2, -0.15) is 0 Å². The molecule has 6 heteroatoms. The largest absolute Gasteiger partial charge is 0.340 e. The predicted molar refractivity (Wildman–Crippen MR) is 101 cm³/mol. The molecule has 0 unspecified atom stereocenters. The summed E-state index contributed by atoms with van der Waals surface area (Å²) in [4.78, 5) is 29.8. The summed E-state index contributed by atoms with van der Waals surface area (Å²) in [6, 6.07) is 6.11. The SMILES string of the molecule is O=C(c1ccccc1F)N1CCCN(C(=O)[C@@]23CCCC[C@H]2CNC3)CC1. The summed E-state index contributed by atoms with van der Waals surface area (Å²) in [5.41, 5.74) is -0.133. The zero-order chi connectivity index (χ0) is 18.9. The van der Waals surface area contributed by atoms with Crippen molar-refractivity contribution >= 4 is 11.8 Å². The van der Waals surface area contributed by atoms with Gasteiger partial charge in [-0.15, -0.1) is 0 Å². The van der Waals surface area contributed by atoms with Crippen LogP contribution in [-0.2, 0) is 4.79 Å². The number of nitrogens with one attached hydrogen (secondary N) is 1. The molecule has 0 bridgehead atoms. The van der Waals surface area contributed by atoms with E-state index in [1.165, 1.54) is 18.6 Å². The Morgan fingerprint density at radius 2 is 1.81 bits per heavy atom. The highest BCUT2D eigenvalue weighted by Crippen LogP contribution is 2.45. The van der Waals surface area contributed by atoms with E-state index in [1.54, 1.807) is 17.0 Å². The molecule has 2 amide bonds. The Kier molecular flexibility index (Phi) is 5.17. The maximum atomic E-state index is 14.0. The second kappa shape index (κ2) is 7.58. The highest BCUT2D eigenvalue weighted by atomic mass is 19.1. The number of hydrogen-bond acceptors (Lipinski definition) is 3. The summed E-state index contributed by atoms with van der Waals surface area (Å²) in [7, 11) is 0. The molecule has 3 aliphatic rings. The van der Waals surface area contributed by atoms with Gasteiger partial charge in [-0.3, -0.25) is 9.59 Å². The lowest BCUT2D eigenvalue weighted by Crippen LogP contribution is -2.50. The third-order valence-corrected chi connectivity index (χ3v) is 6.64. The lowest BCUT2D eigenvalue weighted by molar-refractivity contribution is -0.145. The summed E-state index contributed by atoms with van der Waals surface area (Å²) < 4.78 is 14.0. The highest BCUT2D eigenvalue weighted by Gasteiger charge is 2.51. The molecule has 1 N–H and O–H groups in total. The van der Waals surface area contributed by atoms with Crippen LogP contribution in [0.3, 0.4) is 0 Å². The second-order valence-corrected chi connectivity index (χ2v) is 8.15. The molecule has 2 heterocycles. The second-order valence-electron chi connectivity index (χ2n) is 8.15. The van der Waals surface area contributed by atoms with Gasteiger partial charge in [0.2, 0.25) is 5.91 Å². The molecular formula is C21H28FN3O2. The van der Waals surface area contributed by atoms with E-state index in [1.807, 2.05) is 4.90 Å². The average molecular weight is 373 g/mol. The molecule has 0 radical (unpaired) electrons. The number of halogens is 1. The molecule has 146 valence electrons. The molecule has 2 atom stereocenters. The van der Waals surface area contributed by atoms with Crippen LogP contribution in [0.2, 0.25) is 0 Å². The summed E-state index contributed by atoms with van der Waals surface area (Å²) in [5.74, 6) is -0.0603. The minimum Gasteiger partial charge on any atom is -0.340 e. The average Bonchev–Trinajstić information content (AvgIpc) is 2.98. The van der Waals surface area contributed by atoms with Crippen LogP contribution in [0.15, 0.2) is 24.3 Å². The summed E-state index contributed by atoms with van der Waals surface area (Å²) in [6.07, 6.45) is 5.17. The quantitative estimate of drug-likeness (QED) is 0.865. The van der Waals surface area contributed by atoms with E-state index < -0.39 is 5.82 Å². The Morgan fingerprint density at radius 1 is 1.04 bits per heavy atom. The maximum Gasteiger partial charge on any atom is 0.256 e. The zero-order valence-corrected chi connectivity index (χ0v) is 15.8. The van der Waals surface area contributed by atoms with E-state index in [0.717, 1.165) is 38.8 Å². The van der Waals surface area contributed by atoms with Crippen molar-refractivity contribution in [1.29, 1.82) is 0 Å². The minimum atomic E-state index is -0.486. The van der Waals surface area contributed by atoms with Gasteiger partial charge in [-0.25, -0.2) is 4.39 Å². The van der Waals surface area contributed by atoms with E-state index in [2.05, 4.69) is 5.32 Å². The monoisotopic (exact) mass is 373 g/mol. The maximum absolute atomic E-state index is 14.0. The van der Waals surface area contributed by atoms with E-state index in [0.29, 0.717) is 32.1 Å². The first-order chi connectivity index (χ1) is 13.1. The fraction of sp³-hybridized carbons (Fsp3) is 0.619. The van der Waals surface area contributed by atoms with Crippen molar-refractivity contribution in [3.63, 3.8) is 0 Å². The number of benzene rings is 1. The van der Waals surface area contributed by atoms with Crippen LogP contribution < -0.4 is 5.32 Å². The molecule has 1 saturated carbocycles. The molecule has 5 nitrogen and oxygen atoms in total. The van der Waals surface area contributed by atoms with Gasteiger partial charge in [0, 0.05) is 32.7 Å². The van der Waals surface area contributed by atoms with Crippen molar-refractivity contribution < 1.29 is 14.0 Å². The molecule has 2 aliphatic heterocycles. The van der Waals surface area contributed by atoms with Crippen molar-refractivity contribution in [2.45, 2.75) is 32.1 Å². The van der Waals surface area contributed by atoms with Gasteiger partial charge in [0.1, 0.15) is 5.82 Å². The highest BCUT2D eigenvalue weighted by molar-refractivity contribution is 5.94. The Labute approximate surface area is 159 Å². The van der Waals surface area contributed by atoms with Crippen LogP contribution in [0.4, 0.5) is 4.39 Å². The number of carbonyl (C=O) groups is 2. The van der Waals surface area contributed by atoms with Crippen molar-refractivity contribution in [2.75, 3.05) is 39.3 Å². The molecule has 0 aromatic heterocycles. The van der Waals surface area contributed by atoms with Crippen LogP contribution in [-0.4, -0.2) is 60.9 Å². The number of rotatable bonds is 2. The van der Waals surface area contributed by atoms with E-state index in [4.69, 9.17) is 0 Å². The van der Waals surface area contributed by atoms with Crippen molar-refractivity contribution in [2.24, 2.45) is 11.3 Å². The summed E-state index contributed by atoms with van der Waals surface area (Å²) in [6.45, 7) is 3.96. The Balaban J connectivity index is 1.45. The van der Waals surface area contributed by atoms with Crippen molar-refractivity contribution in [1.82, 2.24) is 15.1 Å². The number of amides is 2. The van der Waals surface area contributed by atoms with Gasteiger partial charge in [0.05, 0.1) is 11.0 Å². The van der Waals surface area contributed by atoms with Crippen LogP contribution in [0.1, 0.15) is 42.5 Å². The first-order valence-corrected chi connectivity index (χ1v) is 10.2. The van der Waals surface area contributed by atoms with Crippen molar-refractivity contribution in [3.05, 3.63) is 35.6 Å². The first kappa shape index (κ1) is 18.4. The number of carbonyl (C=O) groups excluding carboxylic acids is 2. The minimum absolute atomic E-state index is 0.114. The van der Waals surface area contributed by atoms with Gasteiger partial charge in [-0.05, 0) is 43.9 Å². The van der Waals surface area contributed by atoms with Crippen molar-refractivity contribution in [3.8, 4) is 0 Å². The molecule has 2 saturated heterocycles.